The largest absolute Gasteiger partial charge is 0.497 e. The maximum absolute atomic E-state index is 12.2. The van der Waals surface area contributed by atoms with E-state index in [1.807, 2.05) is 0 Å². The summed E-state index contributed by atoms with van der Waals surface area (Å²) in [6.07, 6.45) is 1.06. The summed E-state index contributed by atoms with van der Waals surface area (Å²) in [7, 11) is 2.84. The number of ketones is 3. The van der Waals surface area contributed by atoms with Gasteiger partial charge in [0.2, 0.25) is 5.78 Å². The normalized spacial score (nSPS) is 13.7. The third-order valence-electron chi connectivity index (χ3n) is 2.92. The molecule has 0 aromatic heterocycles. The molecule has 0 radical (unpaired) electrons. The number of rotatable bonds is 3. The molecule has 0 heterocycles. The van der Waals surface area contributed by atoms with Crippen LogP contribution in [-0.4, -0.2) is 31.6 Å². The molecule has 0 spiro atoms. The van der Waals surface area contributed by atoms with Crippen LogP contribution in [0.5, 0.6) is 11.5 Å². The Labute approximate surface area is 109 Å². The first-order valence-electron chi connectivity index (χ1n) is 5.57. The Hall–Kier alpha value is -2.43. The fourth-order valence-electron chi connectivity index (χ4n) is 1.97. The zero-order chi connectivity index (χ0) is 14.2. The van der Waals surface area contributed by atoms with Crippen molar-refractivity contribution in [2.24, 2.45) is 0 Å². The van der Waals surface area contributed by atoms with E-state index in [-0.39, 0.29) is 22.4 Å². The van der Waals surface area contributed by atoms with Crippen LogP contribution in [-0.2, 0) is 4.79 Å². The smallest absolute Gasteiger partial charge is 0.201 e. The van der Waals surface area contributed by atoms with Crippen LogP contribution in [0.2, 0.25) is 0 Å². The first kappa shape index (κ1) is 13.0. The summed E-state index contributed by atoms with van der Waals surface area (Å²) in [5.41, 5.74) is 0.174. The minimum absolute atomic E-state index is 0.112. The van der Waals surface area contributed by atoms with Gasteiger partial charge in [0.25, 0.3) is 0 Å². The van der Waals surface area contributed by atoms with Crippen LogP contribution in [0.25, 0.3) is 0 Å². The predicted molar refractivity (Wildman–Crippen MR) is 67.0 cm³/mol. The lowest BCUT2D eigenvalue weighted by Crippen LogP contribution is -2.21. The van der Waals surface area contributed by atoms with Gasteiger partial charge in [0.05, 0.1) is 25.4 Å². The van der Waals surface area contributed by atoms with Crippen LogP contribution in [0.1, 0.15) is 27.6 Å². The Bertz CT molecular complexity index is 625. The molecule has 0 N–H and O–H groups in total. The minimum atomic E-state index is -0.499. The molecule has 1 aromatic rings. The average molecular weight is 260 g/mol. The van der Waals surface area contributed by atoms with E-state index in [1.165, 1.54) is 33.3 Å². The summed E-state index contributed by atoms with van der Waals surface area (Å²) < 4.78 is 10.2. The van der Waals surface area contributed by atoms with Crippen molar-refractivity contribution in [1.82, 2.24) is 0 Å². The highest BCUT2D eigenvalue weighted by atomic mass is 16.5. The van der Waals surface area contributed by atoms with Gasteiger partial charge in [-0.15, -0.1) is 0 Å². The zero-order valence-corrected chi connectivity index (χ0v) is 10.8. The zero-order valence-electron chi connectivity index (χ0n) is 10.8. The predicted octanol–water partition coefficient (Wildman–Crippen LogP) is 1.60. The fourth-order valence-corrected chi connectivity index (χ4v) is 1.97. The quantitative estimate of drug-likeness (QED) is 0.772. The first-order valence-corrected chi connectivity index (χ1v) is 5.57. The molecule has 2 rings (SSSR count). The highest BCUT2D eigenvalue weighted by molar-refractivity contribution is 6.35. The van der Waals surface area contributed by atoms with Gasteiger partial charge in [0, 0.05) is 17.7 Å². The maximum Gasteiger partial charge on any atom is 0.201 e. The van der Waals surface area contributed by atoms with Crippen molar-refractivity contribution in [1.29, 1.82) is 0 Å². The number of carbonyl (C=O) groups excluding carboxylic acids is 3. The van der Waals surface area contributed by atoms with Crippen molar-refractivity contribution in [3.05, 3.63) is 34.9 Å². The van der Waals surface area contributed by atoms with Gasteiger partial charge in [-0.1, -0.05) is 0 Å². The maximum atomic E-state index is 12.2. The number of ether oxygens (including phenoxy) is 2. The van der Waals surface area contributed by atoms with E-state index in [2.05, 4.69) is 0 Å². The second kappa shape index (κ2) is 4.68. The summed E-state index contributed by atoms with van der Waals surface area (Å²) in [5, 5.41) is 0. The van der Waals surface area contributed by atoms with Gasteiger partial charge in [-0.25, -0.2) is 0 Å². The lowest BCUT2D eigenvalue weighted by molar-refractivity contribution is -0.113. The van der Waals surface area contributed by atoms with Crippen LogP contribution in [0.15, 0.2) is 23.8 Å². The second-order valence-corrected chi connectivity index (χ2v) is 4.06. The Morgan fingerprint density at radius 1 is 1.11 bits per heavy atom. The summed E-state index contributed by atoms with van der Waals surface area (Å²) in [6.45, 7) is 1.25. The monoisotopic (exact) mass is 260 g/mol. The minimum Gasteiger partial charge on any atom is -0.497 e. The van der Waals surface area contributed by atoms with Crippen LogP contribution >= 0.6 is 0 Å². The Morgan fingerprint density at radius 2 is 1.79 bits per heavy atom. The molecule has 0 unspecified atom stereocenters. The summed E-state index contributed by atoms with van der Waals surface area (Å²) >= 11 is 0. The van der Waals surface area contributed by atoms with Crippen LogP contribution in [0.4, 0.5) is 0 Å². The van der Waals surface area contributed by atoms with Crippen molar-refractivity contribution < 1.29 is 23.9 Å². The van der Waals surface area contributed by atoms with Gasteiger partial charge in [-0.2, -0.15) is 0 Å². The van der Waals surface area contributed by atoms with Crippen molar-refractivity contribution in [2.45, 2.75) is 6.92 Å². The second-order valence-electron chi connectivity index (χ2n) is 4.06. The third-order valence-corrected chi connectivity index (χ3v) is 2.92. The Morgan fingerprint density at radius 3 is 2.32 bits per heavy atom. The van der Waals surface area contributed by atoms with Gasteiger partial charge in [0.1, 0.15) is 11.5 Å². The molecule has 19 heavy (non-hydrogen) atoms. The number of hydrogen-bond donors (Lipinski definition) is 0. The molecule has 0 aliphatic heterocycles. The SMILES string of the molecule is COc1cc(OC)c2c(c1)C(=O)C=C(C(C)=O)C2=O. The van der Waals surface area contributed by atoms with Gasteiger partial charge in [0.15, 0.2) is 11.6 Å². The van der Waals surface area contributed by atoms with Crippen LogP contribution in [0.3, 0.4) is 0 Å². The molecular weight excluding hydrogens is 248 g/mol. The topological polar surface area (TPSA) is 69.7 Å². The standard InChI is InChI=1S/C14H12O5/c1-7(15)9-6-11(16)10-4-8(18-2)5-12(19-3)13(10)14(9)17/h4-6H,1-3H3. The highest BCUT2D eigenvalue weighted by Gasteiger charge is 2.31. The molecule has 0 bridgehead atoms. The van der Waals surface area contributed by atoms with E-state index in [4.69, 9.17) is 9.47 Å². The molecule has 1 aliphatic carbocycles. The van der Waals surface area contributed by atoms with Crippen LogP contribution in [0, 0.1) is 0 Å². The highest BCUT2D eigenvalue weighted by Crippen LogP contribution is 2.34. The molecule has 0 saturated carbocycles. The lowest BCUT2D eigenvalue weighted by atomic mass is 9.87. The van der Waals surface area contributed by atoms with Crippen molar-refractivity contribution in [3.63, 3.8) is 0 Å². The van der Waals surface area contributed by atoms with E-state index in [0.717, 1.165) is 6.08 Å². The van der Waals surface area contributed by atoms with E-state index in [9.17, 15) is 14.4 Å². The van der Waals surface area contributed by atoms with Gasteiger partial charge < -0.3 is 9.47 Å². The van der Waals surface area contributed by atoms with Crippen LogP contribution < -0.4 is 9.47 Å². The fraction of sp³-hybridized carbons (Fsp3) is 0.214. The van der Waals surface area contributed by atoms with E-state index in [1.54, 1.807) is 0 Å². The molecule has 98 valence electrons. The summed E-state index contributed by atoms with van der Waals surface area (Å²) in [6, 6.07) is 2.97. The molecule has 5 nitrogen and oxygen atoms in total. The number of Topliss-reactive ketones (excluding diaryl/α,β-unsaturated/α-hetero) is 2. The van der Waals surface area contributed by atoms with Gasteiger partial charge >= 0.3 is 0 Å². The lowest BCUT2D eigenvalue weighted by Gasteiger charge is -2.17. The van der Waals surface area contributed by atoms with Gasteiger partial charge in [-0.05, 0) is 13.0 Å². The summed E-state index contributed by atoms with van der Waals surface area (Å²) in [4.78, 5) is 35.6. The van der Waals surface area contributed by atoms with Gasteiger partial charge in [-0.3, -0.25) is 14.4 Å². The number of hydrogen-bond acceptors (Lipinski definition) is 5. The van der Waals surface area contributed by atoms with Crippen molar-refractivity contribution in [2.75, 3.05) is 14.2 Å². The first-order chi connectivity index (χ1) is 8.99. The summed E-state index contributed by atoms with van der Waals surface area (Å²) in [5.74, 6) is -0.712. The molecule has 0 amide bonds. The number of fused-ring (bicyclic) bond motifs is 1. The molecule has 0 fully saturated rings. The van der Waals surface area contributed by atoms with E-state index in [0.29, 0.717) is 5.75 Å². The number of carbonyl (C=O) groups is 3. The molecule has 5 heteroatoms. The number of methoxy groups -OCH3 is 2. The number of allylic oxidation sites excluding steroid dienone is 2. The number of benzene rings is 1. The van der Waals surface area contributed by atoms with Crippen molar-refractivity contribution in [3.8, 4) is 11.5 Å². The molecular formula is C14H12O5. The molecule has 1 aliphatic rings. The van der Waals surface area contributed by atoms with E-state index < -0.39 is 17.3 Å². The van der Waals surface area contributed by atoms with E-state index >= 15 is 0 Å². The Kier molecular flexibility index (Phi) is 3.21. The Balaban J connectivity index is 2.71. The van der Waals surface area contributed by atoms with Crippen molar-refractivity contribution >= 4 is 17.3 Å². The molecule has 0 saturated heterocycles. The third kappa shape index (κ3) is 2.03. The average Bonchev–Trinajstić information content (AvgIpc) is 2.40. The molecule has 0 atom stereocenters. The molecule has 1 aromatic carbocycles.